The molecule has 5 heteroatoms. The molecule has 0 spiro atoms. The summed E-state index contributed by atoms with van der Waals surface area (Å²) in [4.78, 5) is 11.9. The summed E-state index contributed by atoms with van der Waals surface area (Å²) in [7, 11) is 0. The highest BCUT2D eigenvalue weighted by Crippen LogP contribution is 2.29. The van der Waals surface area contributed by atoms with E-state index in [9.17, 15) is 9.90 Å². The standard InChI is InChI=1S/C18H22N2O3/c1-3-23-17-12-15(9-10-16(17)21)13(2)19-20-18(22)11-14-7-5-4-6-8-14/h4-10,12-13,19,21H,3,11H2,1-2H3,(H,20,22). The molecule has 1 atom stereocenters. The minimum Gasteiger partial charge on any atom is -0.504 e. The van der Waals surface area contributed by atoms with Crippen molar-refractivity contribution in [2.75, 3.05) is 6.61 Å². The summed E-state index contributed by atoms with van der Waals surface area (Å²) in [5.74, 6) is 0.442. The number of ether oxygens (including phenoxy) is 1. The molecule has 0 aromatic heterocycles. The number of hydrogen-bond donors (Lipinski definition) is 3. The van der Waals surface area contributed by atoms with Gasteiger partial charge >= 0.3 is 0 Å². The quantitative estimate of drug-likeness (QED) is 0.687. The molecule has 2 aromatic carbocycles. The van der Waals surface area contributed by atoms with Gasteiger partial charge in [-0.05, 0) is 37.1 Å². The first-order valence-electron chi connectivity index (χ1n) is 7.64. The Labute approximate surface area is 136 Å². The lowest BCUT2D eigenvalue weighted by Crippen LogP contribution is -2.39. The molecule has 2 aromatic rings. The van der Waals surface area contributed by atoms with Gasteiger partial charge in [-0.3, -0.25) is 10.2 Å². The van der Waals surface area contributed by atoms with Gasteiger partial charge in [0.05, 0.1) is 13.0 Å². The Kier molecular flexibility index (Phi) is 6.00. The number of phenols is 1. The fourth-order valence-electron chi connectivity index (χ4n) is 2.17. The molecule has 0 aliphatic carbocycles. The molecule has 0 aliphatic heterocycles. The molecular formula is C18H22N2O3. The summed E-state index contributed by atoms with van der Waals surface area (Å²) in [6.07, 6.45) is 0.320. The average Bonchev–Trinajstić information content (AvgIpc) is 2.56. The van der Waals surface area contributed by atoms with Crippen molar-refractivity contribution in [3.05, 3.63) is 59.7 Å². The van der Waals surface area contributed by atoms with Crippen LogP contribution < -0.4 is 15.6 Å². The second-order valence-corrected chi connectivity index (χ2v) is 5.24. The number of benzene rings is 2. The Morgan fingerprint density at radius 1 is 1.22 bits per heavy atom. The minimum absolute atomic E-state index is 0.105. The number of carbonyl (C=O) groups is 1. The van der Waals surface area contributed by atoms with Crippen LogP contribution >= 0.6 is 0 Å². The average molecular weight is 314 g/mol. The number of phenolic OH excluding ortho intramolecular Hbond substituents is 1. The van der Waals surface area contributed by atoms with Crippen molar-refractivity contribution in [1.82, 2.24) is 10.9 Å². The van der Waals surface area contributed by atoms with Crippen molar-refractivity contribution >= 4 is 5.91 Å². The van der Waals surface area contributed by atoms with E-state index in [0.717, 1.165) is 11.1 Å². The van der Waals surface area contributed by atoms with E-state index >= 15 is 0 Å². The summed E-state index contributed by atoms with van der Waals surface area (Å²) in [6.45, 7) is 4.26. The topological polar surface area (TPSA) is 70.6 Å². The molecule has 1 unspecified atom stereocenters. The molecule has 5 nitrogen and oxygen atoms in total. The zero-order chi connectivity index (χ0) is 16.7. The van der Waals surface area contributed by atoms with Crippen LogP contribution in [0.1, 0.15) is 31.0 Å². The number of nitrogens with one attached hydrogen (secondary N) is 2. The number of amides is 1. The lowest BCUT2D eigenvalue weighted by Gasteiger charge is -2.17. The molecule has 122 valence electrons. The van der Waals surface area contributed by atoms with Crippen molar-refractivity contribution < 1.29 is 14.6 Å². The summed E-state index contributed by atoms with van der Waals surface area (Å²) < 4.78 is 5.37. The molecule has 1 amide bonds. The maximum atomic E-state index is 11.9. The van der Waals surface area contributed by atoms with Crippen LogP contribution in [0.5, 0.6) is 11.5 Å². The summed E-state index contributed by atoms with van der Waals surface area (Å²) in [5.41, 5.74) is 7.54. The van der Waals surface area contributed by atoms with Gasteiger partial charge in [0, 0.05) is 6.04 Å². The van der Waals surface area contributed by atoms with E-state index in [2.05, 4.69) is 10.9 Å². The Bertz CT molecular complexity index is 644. The van der Waals surface area contributed by atoms with Crippen LogP contribution in [0.2, 0.25) is 0 Å². The van der Waals surface area contributed by atoms with Gasteiger partial charge in [-0.25, -0.2) is 5.43 Å². The van der Waals surface area contributed by atoms with Gasteiger partial charge in [-0.1, -0.05) is 36.4 Å². The third-order valence-electron chi connectivity index (χ3n) is 3.42. The van der Waals surface area contributed by atoms with Crippen LogP contribution in [0.25, 0.3) is 0 Å². The molecule has 0 heterocycles. The molecule has 0 saturated carbocycles. The Balaban J connectivity index is 1.90. The second-order valence-electron chi connectivity index (χ2n) is 5.24. The zero-order valence-electron chi connectivity index (χ0n) is 13.4. The lowest BCUT2D eigenvalue weighted by atomic mass is 10.1. The molecule has 2 rings (SSSR count). The van der Waals surface area contributed by atoms with Crippen molar-refractivity contribution in [3.63, 3.8) is 0 Å². The van der Waals surface area contributed by atoms with E-state index in [4.69, 9.17) is 4.74 Å². The maximum Gasteiger partial charge on any atom is 0.238 e. The molecule has 23 heavy (non-hydrogen) atoms. The van der Waals surface area contributed by atoms with Crippen LogP contribution in [0.15, 0.2) is 48.5 Å². The van der Waals surface area contributed by atoms with Crippen molar-refractivity contribution in [1.29, 1.82) is 0 Å². The fourth-order valence-corrected chi connectivity index (χ4v) is 2.17. The zero-order valence-corrected chi connectivity index (χ0v) is 13.4. The Hall–Kier alpha value is -2.53. The second kappa shape index (κ2) is 8.19. The molecule has 0 aliphatic rings. The van der Waals surface area contributed by atoms with Crippen molar-refractivity contribution in [2.24, 2.45) is 0 Å². The van der Waals surface area contributed by atoms with Crippen LogP contribution in [-0.4, -0.2) is 17.6 Å². The highest BCUT2D eigenvalue weighted by molar-refractivity contribution is 5.78. The molecular weight excluding hydrogens is 292 g/mol. The largest absolute Gasteiger partial charge is 0.504 e. The van der Waals surface area contributed by atoms with Crippen LogP contribution in [-0.2, 0) is 11.2 Å². The maximum absolute atomic E-state index is 11.9. The highest BCUT2D eigenvalue weighted by atomic mass is 16.5. The van der Waals surface area contributed by atoms with E-state index in [1.54, 1.807) is 18.2 Å². The smallest absolute Gasteiger partial charge is 0.238 e. The predicted molar refractivity (Wildman–Crippen MR) is 89.1 cm³/mol. The van der Waals surface area contributed by atoms with Gasteiger partial charge in [0.1, 0.15) is 0 Å². The van der Waals surface area contributed by atoms with Crippen LogP contribution in [0.4, 0.5) is 0 Å². The third kappa shape index (κ3) is 5.00. The van der Waals surface area contributed by atoms with Gasteiger partial charge in [0.2, 0.25) is 5.91 Å². The highest BCUT2D eigenvalue weighted by Gasteiger charge is 2.11. The predicted octanol–water partition coefficient (Wildman–Crippen LogP) is 2.72. The number of hydrogen-bond acceptors (Lipinski definition) is 4. The Morgan fingerprint density at radius 3 is 2.65 bits per heavy atom. The first-order chi connectivity index (χ1) is 11.1. The SMILES string of the molecule is CCOc1cc(C(C)NNC(=O)Cc2ccccc2)ccc1O. The first-order valence-corrected chi connectivity index (χ1v) is 7.64. The molecule has 0 saturated heterocycles. The summed E-state index contributed by atoms with van der Waals surface area (Å²) >= 11 is 0. The van der Waals surface area contributed by atoms with E-state index in [-0.39, 0.29) is 17.7 Å². The molecule has 3 N–H and O–H groups in total. The van der Waals surface area contributed by atoms with Crippen LogP contribution in [0.3, 0.4) is 0 Å². The van der Waals surface area contributed by atoms with E-state index in [1.807, 2.05) is 44.2 Å². The summed E-state index contributed by atoms with van der Waals surface area (Å²) in [5, 5.41) is 9.71. The first kappa shape index (κ1) is 16.8. The monoisotopic (exact) mass is 314 g/mol. The third-order valence-corrected chi connectivity index (χ3v) is 3.42. The van der Waals surface area contributed by atoms with Gasteiger partial charge in [-0.2, -0.15) is 0 Å². The summed E-state index contributed by atoms with van der Waals surface area (Å²) in [6, 6.07) is 14.6. The number of carbonyl (C=O) groups excluding carboxylic acids is 1. The number of hydrazine groups is 1. The van der Waals surface area contributed by atoms with Crippen LogP contribution in [0, 0.1) is 0 Å². The van der Waals surface area contributed by atoms with Gasteiger partial charge in [-0.15, -0.1) is 0 Å². The number of aromatic hydroxyl groups is 1. The minimum atomic E-state index is -0.116. The molecule has 0 fully saturated rings. The van der Waals surface area contributed by atoms with E-state index < -0.39 is 0 Å². The number of rotatable bonds is 7. The molecule has 0 bridgehead atoms. The lowest BCUT2D eigenvalue weighted by molar-refractivity contribution is -0.121. The fraction of sp³-hybridized carbons (Fsp3) is 0.278. The normalized spacial score (nSPS) is 11.7. The van der Waals surface area contributed by atoms with Gasteiger partial charge in [0.15, 0.2) is 11.5 Å². The Morgan fingerprint density at radius 2 is 1.96 bits per heavy atom. The van der Waals surface area contributed by atoms with Gasteiger partial charge in [0.25, 0.3) is 0 Å². The van der Waals surface area contributed by atoms with E-state index in [1.165, 1.54) is 0 Å². The van der Waals surface area contributed by atoms with Gasteiger partial charge < -0.3 is 9.84 Å². The molecule has 0 radical (unpaired) electrons. The van der Waals surface area contributed by atoms with Crippen molar-refractivity contribution in [2.45, 2.75) is 26.3 Å². The van der Waals surface area contributed by atoms with Crippen molar-refractivity contribution in [3.8, 4) is 11.5 Å². The van der Waals surface area contributed by atoms with E-state index in [0.29, 0.717) is 18.8 Å².